The molecule has 1 heterocycles. The van der Waals surface area contributed by atoms with Gasteiger partial charge in [0.2, 0.25) is 0 Å². The second-order valence-corrected chi connectivity index (χ2v) is 5.04. The molecule has 0 radical (unpaired) electrons. The van der Waals surface area contributed by atoms with Gasteiger partial charge in [0.25, 0.3) is 5.91 Å². The van der Waals surface area contributed by atoms with Crippen molar-refractivity contribution < 1.29 is 9.21 Å². The summed E-state index contributed by atoms with van der Waals surface area (Å²) >= 11 is 5.89. The number of carbonyl (C=O) groups is 1. The van der Waals surface area contributed by atoms with Crippen LogP contribution in [0.15, 0.2) is 40.8 Å². The molecule has 0 saturated carbocycles. The number of amides is 1. The average molecular weight is 302 g/mol. The molecule has 5 nitrogen and oxygen atoms in total. The minimum Gasteiger partial charge on any atom is -0.441 e. The Labute approximate surface area is 125 Å². The van der Waals surface area contributed by atoms with Crippen LogP contribution in [0.5, 0.6) is 0 Å². The van der Waals surface area contributed by atoms with Crippen molar-refractivity contribution in [2.24, 2.45) is 0 Å². The SMILES string of the molecule is Cc1nc2cc(NC(=O)c3cc(Cl)ccc3N)ccc2o1. The lowest BCUT2D eigenvalue weighted by molar-refractivity contribution is 0.102. The first-order chi connectivity index (χ1) is 10.0. The van der Waals surface area contributed by atoms with Gasteiger partial charge in [-0.1, -0.05) is 11.6 Å². The Balaban J connectivity index is 1.90. The Morgan fingerprint density at radius 2 is 2.10 bits per heavy atom. The number of rotatable bonds is 2. The number of aromatic nitrogens is 1. The average Bonchev–Trinajstić information content (AvgIpc) is 2.80. The maximum absolute atomic E-state index is 12.2. The summed E-state index contributed by atoms with van der Waals surface area (Å²) in [5, 5.41) is 3.22. The van der Waals surface area contributed by atoms with Crippen molar-refractivity contribution in [2.75, 3.05) is 11.1 Å². The fourth-order valence-electron chi connectivity index (χ4n) is 2.04. The first-order valence-electron chi connectivity index (χ1n) is 6.26. The fraction of sp³-hybridized carbons (Fsp3) is 0.0667. The summed E-state index contributed by atoms with van der Waals surface area (Å²) in [7, 11) is 0. The Kier molecular flexibility index (Phi) is 3.27. The Bertz CT molecular complexity index is 842. The molecule has 2 aromatic carbocycles. The summed E-state index contributed by atoms with van der Waals surface area (Å²) in [4.78, 5) is 16.5. The van der Waals surface area contributed by atoms with Gasteiger partial charge in [0.05, 0.1) is 5.56 Å². The van der Waals surface area contributed by atoms with Crippen molar-refractivity contribution in [1.82, 2.24) is 4.98 Å². The third-order valence-electron chi connectivity index (χ3n) is 3.01. The number of nitrogen functional groups attached to an aromatic ring is 1. The molecule has 0 aliphatic heterocycles. The normalized spacial score (nSPS) is 10.8. The second-order valence-electron chi connectivity index (χ2n) is 4.60. The summed E-state index contributed by atoms with van der Waals surface area (Å²) in [6.07, 6.45) is 0. The molecule has 0 saturated heterocycles. The number of hydrogen-bond acceptors (Lipinski definition) is 4. The molecule has 1 amide bonds. The number of nitrogens with two attached hydrogens (primary N) is 1. The van der Waals surface area contributed by atoms with E-state index in [9.17, 15) is 4.79 Å². The molecule has 0 fully saturated rings. The number of aryl methyl sites for hydroxylation is 1. The monoisotopic (exact) mass is 301 g/mol. The Hall–Kier alpha value is -2.53. The van der Waals surface area contributed by atoms with Crippen LogP contribution in [0.4, 0.5) is 11.4 Å². The first-order valence-corrected chi connectivity index (χ1v) is 6.64. The van der Waals surface area contributed by atoms with E-state index in [0.29, 0.717) is 39.0 Å². The molecule has 0 spiro atoms. The zero-order chi connectivity index (χ0) is 15.0. The van der Waals surface area contributed by atoms with E-state index in [2.05, 4.69) is 10.3 Å². The minimum absolute atomic E-state index is 0.324. The maximum Gasteiger partial charge on any atom is 0.257 e. The molecule has 0 unspecified atom stereocenters. The maximum atomic E-state index is 12.2. The molecular formula is C15H12ClN3O2. The number of oxazole rings is 1. The van der Waals surface area contributed by atoms with Crippen molar-refractivity contribution in [3.63, 3.8) is 0 Å². The molecule has 106 valence electrons. The number of nitrogens with one attached hydrogen (secondary N) is 1. The van der Waals surface area contributed by atoms with Crippen LogP contribution in [0.25, 0.3) is 11.1 Å². The van der Waals surface area contributed by atoms with Gasteiger partial charge >= 0.3 is 0 Å². The quantitative estimate of drug-likeness (QED) is 0.708. The molecule has 3 N–H and O–H groups in total. The molecule has 1 aromatic heterocycles. The summed E-state index contributed by atoms with van der Waals surface area (Å²) in [6.45, 7) is 1.77. The van der Waals surface area contributed by atoms with E-state index in [1.165, 1.54) is 6.07 Å². The summed E-state index contributed by atoms with van der Waals surface area (Å²) in [5.41, 5.74) is 8.46. The number of carbonyl (C=O) groups excluding carboxylic acids is 1. The van der Waals surface area contributed by atoms with E-state index in [0.717, 1.165) is 0 Å². The van der Waals surface area contributed by atoms with Crippen LogP contribution in [0.2, 0.25) is 5.02 Å². The van der Waals surface area contributed by atoms with Crippen LogP contribution in [-0.4, -0.2) is 10.9 Å². The smallest absolute Gasteiger partial charge is 0.257 e. The topological polar surface area (TPSA) is 81.2 Å². The van der Waals surface area contributed by atoms with Crippen molar-refractivity contribution >= 4 is 40.0 Å². The van der Waals surface area contributed by atoms with E-state index < -0.39 is 0 Å². The first kappa shape index (κ1) is 13.5. The third-order valence-corrected chi connectivity index (χ3v) is 3.25. The van der Waals surface area contributed by atoms with E-state index in [-0.39, 0.29) is 5.91 Å². The third kappa shape index (κ3) is 2.68. The van der Waals surface area contributed by atoms with Gasteiger partial charge in [0.1, 0.15) is 5.52 Å². The van der Waals surface area contributed by atoms with Crippen LogP contribution < -0.4 is 11.1 Å². The summed E-state index contributed by atoms with van der Waals surface area (Å²) in [5.74, 6) is 0.252. The highest BCUT2D eigenvalue weighted by Crippen LogP contribution is 2.22. The van der Waals surface area contributed by atoms with Gasteiger partial charge in [-0.05, 0) is 36.4 Å². The van der Waals surface area contributed by atoms with Gasteiger partial charge in [-0.25, -0.2) is 4.98 Å². The van der Waals surface area contributed by atoms with Crippen LogP contribution in [0, 0.1) is 6.92 Å². The zero-order valence-corrected chi connectivity index (χ0v) is 11.9. The molecule has 3 rings (SSSR count). The Morgan fingerprint density at radius 3 is 2.90 bits per heavy atom. The van der Waals surface area contributed by atoms with Crippen LogP contribution in [0.1, 0.15) is 16.2 Å². The van der Waals surface area contributed by atoms with E-state index in [1.54, 1.807) is 37.3 Å². The molecule has 0 aliphatic rings. The predicted molar refractivity (Wildman–Crippen MR) is 82.6 cm³/mol. The van der Waals surface area contributed by atoms with Gasteiger partial charge in [0, 0.05) is 23.3 Å². The van der Waals surface area contributed by atoms with Gasteiger partial charge in [-0.15, -0.1) is 0 Å². The molecule has 21 heavy (non-hydrogen) atoms. The predicted octanol–water partition coefficient (Wildman–Crippen LogP) is 3.62. The highest BCUT2D eigenvalue weighted by atomic mass is 35.5. The molecule has 6 heteroatoms. The van der Waals surface area contributed by atoms with Crippen molar-refractivity contribution in [3.05, 3.63) is 52.9 Å². The van der Waals surface area contributed by atoms with Crippen LogP contribution in [-0.2, 0) is 0 Å². The van der Waals surface area contributed by atoms with Crippen LogP contribution in [0.3, 0.4) is 0 Å². The lowest BCUT2D eigenvalue weighted by atomic mass is 10.1. The molecule has 0 aliphatic carbocycles. The Morgan fingerprint density at radius 1 is 1.29 bits per heavy atom. The summed E-state index contributed by atoms with van der Waals surface area (Å²) < 4.78 is 5.39. The van der Waals surface area contributed by atoms with Gasteiger partial charge in [-0.2, -0.15) is 0 Å². The molecule has 3 aromatic rings. The highest BCUT2D eigenvalue weighted by Gasteiger charge is 2.11. The number of fused-ring (bicyclic) bond motifs is 1. The van der Waals surface area contributed by atoms with Crippen molar-refractivity contribution in [1.29, 1.82) is 0 Å². The number of benzene rings is 2. The van der Waals surface area contributed by atoms with Crippen molar-refractivity contribution in [3.8, 4) is 0 Å². The molecule has 0 bridgehead atoms. The van der Waals surface area contributed by atoms with E-state index in [4.69, 9.17) is 21.8 Å². The number of halogens is 1. The number of nitrogens with zero attached hydrogens (tertiary/aromatic N) is 1. The fourth-order valence-corrected chi connectivity index (χ4v) is 2.22. The van der Waals surface area contributed by atoms with E-state index in [1.807, 2.05) is 0 Å². The van der Waals surface area contributed by atoms with Gasteiger partial charge in [-0.3, -0.25) is 4.79 Å². The molecule has 0 atom stereocenters. The standard InChI is InChI=1S/C15H12ClN3O2/c1-8-18-13-7-10(3-5-14(13)21-8)19-15(20)11-6-9(16)2-4-12(11)17/h2-7H,17H2,1H3,(H,19,20). The van der Waals surface area contributed by atoms with Crippen LogP contribution >= 0.6 is 11.6 Å². The number of hydrogen-bond donors (Lipinski definition) is 2. The zero-order valence-electron chi connectivity index (χ0n) is 11.2. The minimum atomic E-state index is -0.324. The lowest BCUT2D eigenvalue weighted by Gasteiger charge is -2.07. The lowest BCUT2D eigenvalue weighted by Crippen LogP contribution is -2.13. The largest absolute Gasteiger partial charge is 0.441 e. The summed E-state index contributed by atoms with van der Waals surface area (Å²) in [6, 6.07) is 10.0. The van der Waals surface area contributed by atoms with Crippen molar-refractivity contribution in [2.45, 2.75) is 6.92 Å². The molecular weight excluding hydrogens is 290 g/mol. The van der Waals surface area contributed by atoms with Gasteiger partial charge < -0.3 is 15.5 Å². The second kappa shape index (κ2) is 5.10. The van der Waals surface area contributed by atoms with E-state index >= 15 is 0 Å². The van der Waals surface area contributed by atoms with Gasteiger partial charge in [0.15, 0.2) is 11.5 Å². The number of anilines is 2. The highest BCUT2D eigenvalue weighted by molar-refractivity contribution is 6.31.